The number of aryl methyl sites for hydroxylation is 1. The first-order valence-corrected chi connectivity index (χ1v) is 8.62. The number of halogens is 1. The van der Waals surface area contributed by atoms with Gasteiger partial charge in [-0.05, 0) is 30.7 Å². The van der Waals surface area contributed by atoms with E-state index >= 15 is 0 Å². The molecule has 1 aliphatic rings. The van der Waals surface area contributed by atoms with E-state index in [-0.39, 0.29) is 6.42 Å². The fourth-order valence-electron chi connectivity index (χ4n) is 2.80. The summed E-state index contributed by atoms with van der Waals surface area (Å²) >= 11 is 6.09. The van der Waals surface area contributed by atoms with Crippen LogP contribution in [0.2, 0.25) is 5.02 Å². The van der Waals surface area contributed by atoms with Gasteiger partial charge in [0.25, 0.3) is 11.8 Å². The van der Waals surface area contributed by atoms with Crippen LogP contribution in [0.25, 0.3) is 0 Å². The lowest BCUT2D eigenvalue weighted by molar-refractivity contribution is -0.121. The summed E-state index contributed by atoms with van der Waals surface area (Å²) < 4.78 is 5.26. The van der Waals surface area contributed by atoms with E-state index in [0.717, 1.165) is 4.90 Å². The van der Waals surface area contributed by atoms with Crippen LogP contribution in [0.1, 0.15) is 22.3 Å². The Labute approximate surface area is 161 Å². The Morgan fingerprint density at radius 2 is 1.93 bits per heavy atom. The first kappa shape index (κ1) is 18.9. The number of nitrogens with one attached hydrogen (secondary N) is 2. The third-order valence-corrected chi connectivity index (χ3v) is 4.65. The lowest BCUT2D eigenvalue weighted by Gasteiger charge is -2.19. The van der Waals surface area contributed by atoms with Gasteiger partial charge >= 0.3 is 0 Å². The van der Waals surface area contributed by atoms with Gasteiger partial charge in [-0.1, -0.05) is 29.8 Å². The number of ether oxygens (including phenoxy) is 1. The molecule has 0 spiro atoms. The van der Waals surface area contributed by atoms with Crippen molar-refractivity contribution >= 4 is 35.0 Å². The van der Waals surface area contributed by atoms with Gasteiger partial charge in [-0.25, -0.2) is 10.3 Å². The molecule has 3 amide bonds. The number of hydrogen-bond donors (Lipinski definition) is 2. The SMILES string of the molecule is COc1cc(Cl)c(C)cc1N1C(=O)CC(NNC(=O)c2ccccc2)C1=O. The monoisotopic (exact) mass is 387 g/mol. The molecule has 2 N–H and O–H groups in total. The summed E-state index contributed by atoms with van der Waals surface area (Å²) in [5, 5.41) is 0.472. The van der Waals surface area contributed by atoms with Crippen molar-refractivity contribution in [3.63, 3.8) is 0 Å². The molecule has 1 unspecified atom stereocenters. The molecule has 0 aliphatic carbocycles. The molecule has 1 saturated heterocycles. The Balaban J connectivity index is 1.76. The van der Waals surface area contributed by atoms with Gasteiger partial charge < -0.3 is 4.74 Å². The minimum Gasteiger partial charge on any atom is -0.495 e. The molecule has 8 heteroatoms. The van der Waals surface area contributed by atoms with E-state index in [1.54, 1.807) is 49.4 Å². The third-order valence-electron chi connectivity index (χ3n) is 4.24. The molecule has 2 aromatic rings. The van der Waals surface area contributed by atoms with Crippen molar-refractivity contribution < 1.29 is 19.1 Å². The highest BCUT2D eigenvalue weighted by molar-refractivity contribution is 6.32. The van der Waals surface area contributed by atoms with Gasteiger partial charge in [0, 0.05) is 16.7 Å². The molecule has 1 fully saturated rings. The fraction of sp³-hybridized carbons (Fsp3) is 0.211. The van der Waals surface area contributed by atoms with Crippen LogP contribution in [-0.2, 0) is 9.59 Å². The second-order valence-electron chi connectivity index (χ2n) is 6.06. The van der Waals surface area contributed by atoms with E-state index < -0.39 is 23.8 Å². The number of hydrazine groups is 1. The summed E-state index contributed by atoms with van der Waals surface area (Å²) in [6.45, 7) is 1.77. The van der Waals surface area contributed by atoms with Crippen molar-refractivity contribution in [2.75, 3.05) is 12.0 Å². The van der Waals surface area contributed by atoms with Gasteiger partial charge in [0.2, 0.25) is 5.91 Å². The molecule has 0 aromatic heterocycles. The van der Waals surface area contributed by atoms with Crippen LogP contribution in [-0.4, -0.2) is 30.9 Å². The second kappa shape index (κ2) is 7.77. The number of anilines is 1. The Kier molecular flexibility index (Phi) is 5.43. The van der Waals surface area contributed by atoms with Gasteiger partial charge in [0.05, 0.1) is 19.2 Å². The molecule has 3 rings (SSSR count). The van der Waals surface area contributed by atoms with Crippen LogP contribution in [0.3, 0.4) is 0 Å². The van der Waals surface area contributed by atoms with Crippen molar-refractivity contribution in [2.45, 2.75) is 19.4 Å². The quantitative estimate of drug-likeness (QED) is 0.606. The molecule has 0 saturated carbocycles. The summed E-state index contributed by atoms with van der Waals surface area (Å²) in [5.74, 6) is -0.949. The first-order valence-electron chi connectivity index (χ1n) is 8.24. The minimum absolute atomic E-state index is 0.0846. The Hall–Kier alpha value is -2.90. The van der Waals surface area contributed by atoms with Crippen LogP contribution in [0.4, 0.5) is 5.69 Å². The first-order chi connectivity index (χ1) is 12.9. The summed E-state index contributed by atoms with van der Waals surface area (Å²) in [7, 11) is 1.44. The van der Waals surface area contributed by atoms with E-state index in [1.165, 1.54) is 7.11 Å². The number of imide groups is 1. The van der Waals surface area contributed by atoms with Crippen molar-refractivity contribution in [1.82, 2.24) is 10.9 Å². The highest BCUT2D eigenvalue weighted by Gasteiger charge is 2.41. The highest BCUT2D eigenvalue weighted by Crippen LogP contribution is 2.36. The van der Waals surface area contributed by atoms with E-state index in [1.807, 2.05) is 0 Å². The number of rotatable bonds is 5. The van der Waals surface area contributed by atoms with E-state index in [0.29, 0.717) is 27.6 Å². The average molecular weight is 388 g/mol. The molecule has 27 heavy (non-hydrogen) atoms. The number of carbonyl (C=O) groups is 3. The van der Waals surface area contributed by atoms with Gasteiger partial charge in [-0.3, -0.25) is 19.8 Å². The lowest BCUT2D eigenvalue weighted by Crippen LogP contribution is -2.48. The number of hydrogen-bond acceptors (Lipinski definition) is 5. The molecule has 140 valence electrons. The number of amides is 3. The van der Waals surface area contributed by atoms with E-state index in [2.05, 4.69) is 10.9 Å². The van der Waals surface area contributed by atoms with Gasteiger partial charge in [-0.15, -0.1) is 0 Å². The van der Waals surface area contributed by atoms with Crippen molar-refractivity contribution in [2.24, 2.45) is 0 Å². The predicted octanol–water partition coefficient (Wildman–Crippen LogP) is 2.22. The molecular weight excluding hydrogens is 370 g/mol. The van der Waals surface area contributed by atoms with Crippen LogP contribution < -0.4 is 20.5 Å². The maximum absolute atomic E-state index is 12.7. The molecule has 0 bridgehead atoms. The number of carbonyl (C=O) groups excluding carboxylic acids is 3. The maximum Gasteiger partial charge on any atom is 0.265 e. The zero-order chi connectivity index (χ0) is 19.6. The standard InChI is InChI=1S/C19H18ClN3O4/c1-11-8-15(16(27-2)9-13(11)20)23-17(24)10-14(19(23)26)21-22-18(25)12-6-4-3-5-7-12/h3-9,14,21H,10H2,1-2H3,(H,22,25). The molecule has 1 atom stereocenters. The minimum atomic E-state index is -0.870. The van der Waals surface area contributed by atoms with Crippen LogP contribution in [0.5, 0.6) is 5.75 Å². The average Bonchev–Trinajstić information content (AvgIpc) is 2.95. The van der Waals surface area contributed by atoms with Crippen molar-refractivity contribution in [1.29, 1.82) is 0 Å². The molecule has 2 aromatic carbocycles. The summed E-state index contributed by atoms with van der Waals surface area (Å²) in [4.78, 5) is 38.3. The Morgan fingerprint density at radius 3 is 2.59 bits per heavy atom. The van der Waals surface area contributed by atoms with Gasteiger partial charge in [-0.2, -0.15) is 0 Å². The van der Waals surface area contributed by atoms with Crippen LogP contribution in [0.15, 0.2) is 42.5 Å². The summed E-state index contributed by atoms with van der Waals surface area (Å²) in [5.41, 5.74) is 6.59. The zero-order valence-electron chi connectivity index (χ0n) is 14.8. The summed E-state index contributed by atoms with van der Waals surface area (Å²) in [6.07, 6.45) is -0.0846. The third kappa shape index (κ3) is 3.79. The smallest absolute Gasteiger partial charge is 0.265 e. The van der Waals surface area contributed by atoms with E-state index in [4.69, 9.17) is 16.3 Å². The van der Waals surface area contributed by atoms with Crippen molar-refractivity contribution in [3.8, 4) is 5.75 Å². The zero-order valence-corrected chi connectivity index (χ0v) is 15.5. The summed E-state index contributed by atoms with van der Waals surface area (Å²) in [6, 6.07) is 10.9. The maximum atomic E-state index is 12.7. The lowest BCUT2D eigenvalue weighted by atomic mass is 10.2. The topological polar surface area (TPSA) is 87.7 Å². The Morgan fingerprint density at radius 1 is 1.22 bits per heavy atom. The molecule has 0 radical (unpaired) electrons. The van der Waals surface area contributed by atoms with Crippen LogP contribution in [0, 0.1) is 6.92 Å². The highest BCUT2D eigenvalue weighted by atomic mass is 35.5. The molecule has 7 nitrogen and oxygen atoms in total. The van der Waals surface area contributed by atoms with Crippen LogP contribution >= 0.6 is 11.6 Å². The largest absolute Gasteiger partial charge is 0.495 e. The molecule has 1 heterocycles. The second-order valence-corrected chi connectivity index (χ2v) is 6.47. The normalized spacial score (nSPS) is 16.6. The molecular formula is C19H18ClN3O4. The van der Waals surface area contributed by atoms with Gasteiger partial charge in [0.15, 0.2) is 0 Å². The fourth-order valence-corrected chi connectivity index (χ4v) is 2.95. The Bertz CT molecular complexity index is 901. The number of benzene rings is 2. The van der Waals surface area contributed by atoms with Gasteiger partial charge in [0.1, 0.15) is 11.8 Å². The van der Waals surface area contributed by atoms with E-state index in [9.17, 15) is 14.4 Å². The van der Waals surface area contributed by atoms with Crippen molar-refractivity contribution in [3.05, 3.63) is 58.6 Å². The number of methoxy groups -OCH3 is 1. The predicted molar refractivity (Wildman–Crippen MR) is 101 cm³/mol. The number of nitrogens with zero attached hydrogens (tertiary/aromatic N) is 1. The molecule has 1 aliphatic heterocycles.